The number of hydrogen-bond acceptors (Lipinski definition) is 7. The van der Waals surface area contributed by atoms with E-state index < -0.39 is 0 Å². The van der Waals surface area contributed by atoms with E-state index in [1.807, 2.05) is 16.1 Å². The molecule has 2 amide bonds. The van der Waals surface area contributed by atoms with Crippen molar-refractivity contribution in [2.24, 2.45) is 0 Å². The normalized spacial score (nSPS) is 22.2. The summed E-state index contributed by atoms with van der Waals surface area (Å²) in [5, 5.41) is 1.91. The van der Waals surface area contributed by atoms with Gasteiger partial charge in [-0.05, 0) is 29.5 Å². The Bertz CT molecular complexity index is 1060. The van der Waals surface area contributed by atoms with Crippen molar-refractivity contribution in [1.82, 2.24) is 30.2 Å². The molecule has 9 nitrogen and oxygen atoms in total. The van der Waals surface area contributed by atoms with Crippen LogP contribution >= 0.6 is 0 Å². The average molecular weight is 476 g/mol. The van der Waals surface area contributed by atoms with Crippen LogP contribution in [0.4, 0.5) is 5.95 Å². The van der Waals surface area contributed by atoms with Crippen LogP contribution in [-0.4, -0.2) is 75.4 Å². The minimum Gasteiger partial charge on any atom is -0.339 e. The van der Waals surface area contributed by atoms with E-state index >= 15 is 0 Å². The largest absolute Gasteiger partial charge is 0.339 e. The van der Waals surface area contributed by atoms with Crippen LogP contribution in [0, 0.1) is 0 Å². The Balaban J connectivity index is 1.11. The smallest absolute Gasteiger partial charge is 0.250 e. The van der Waals surface area contributed by atoms with Crippen LogP contribution in [0.3, 0.4) is 0 Å². The zero-order valence-electron chi connectivity index (χ0n) is 20.4. The van der Waals surface area contributed by atoms with E-state index in [1.54, 1.807) is 29.6 Å². The maximum atomic E-state index is 13.2. The number of piperazine rings is 1. The number of rotatable bonds is 6. The first-order chi connectivity index (χ1) is 17.0. The van der Waals surface area contributed by atoms with Crippen molar-refractivity contribution in [3.05, 3.63) is 66.3 Å². The highest BCUT2D eigenvalue weighted by atomic mass is 16.2. The number of nitrogens with one attached hydrogen (secondary N) is 1. The number of carbonyl (C=O) groups excluding carboxylic acids is 2. The van der Waals surface area contributed by atoms with Crippen LogP contribution in [0.2, 0.25) is 0 Å². The second kappa shape index (κ2) is 10.0. The Kier molecular flexibility index (Phi) is 6.68. The summed E-state index contributed by atoms with van der Waals surface area (Å²) in [4.78, 5) is 40.2. The quantitative estimate of drug-likeness (QED) is 0.686. The van der Waals surface area contributed by atoms with Gasteiger partial charge in [-0.15, -0.1) is 0 Å². The average Bonchev–Trinajstić information content (AvgIpc) is 3.34. The van der Waals surface area contributed by atoms with Gasteiger partial charge in [-0.1, -0.05) is 38.1 Å². The summed E-state index contributed by atoms with van der Waals surface area (Å²) in [6, 6.07) is 10.3. The molecule has 1 aromatic carbocycles. The summed E-state index contributed by atoms with van der Waals surface area (Å²) in [6.07, 6.45) is 8.19. The number of aromatic nitrogens is 2. The molecular weight excluding hydrogens is 442 g/mol. The van der Waals surface area contributed by atoms with Crippen molar-refractivity contribution in [2.75, 3.05) is 37.6 Å². The molecule has 2 saturated heterocycles. The van der Waals surface area contributed by atoms with Gasteiger partial charge in [0.25, 0.3) is 5.91 Å². The van der Waals surface area contributed by atoms with Gasteiger partial charge < -0.3 is 19.7 Å². The van der Waals surface area contributed by atoms with Gasteiger partial charge in [0, 0.05) is 63.9 Å². The summed E-state index contributed by atoms with van der Waals surface area (Å²) in [6.45, 7) is 7.46. The molecule has 184 valence electrons. The molecule has 0 bridgehead atoms. The lowest BCUT2D eigenvalue weighted by Gasteiger charge is -2.35. The fourth-order valence-corrected chi connectivity index (χ4v) is 4.94. The Morgan fingerprint density at radius 1 is 1.06 bits per heavy atom. The first kappa shape index (κ1) is 23.3. The van der Waals surface area contributed by atoms with Crippen LogP contribution in [-0.2, 0) is 9.59 Å². The summed E-state index contributed by atoms with van der Waals surface area (Å²) in [5.74, 6) is 1.32. The van der Waals surface area contributed by atoms with Gasteiger partial charge in [0.1, 0.15) is 6.04 Å². The van der Waals surface area contributed by atoms with Gasteiger partial charge in [-0.2, -0.15) is 0 Å². The third-order valence-corrected chi connectivity index (χ3v) is 7.11. The topological polar surface area (TPSA) is 84.9 Å². The molecule has 2 unspecified atom stereocenters. The van der Waals surface area contributed by atoms with E-state index in [2.05, 4.69) is 58.4 Å². The van der Waals surface area contributed by atoms with E-state index in [4.69, 9.17) is 0 Å². The highest BCUT2D eigenvalue weighted by molar-refractivity contribution is 5.85. The highest BCUT2D eigenvalue weighted by Gasteiger charge is 2.40. The van der Waals surface area contributed by atoms with Crippen LogP contribution in [0.5, 0.6) is 0 Å². The van der Waals surface area contributed by atoms with Crippen molar-refractivity contribution in [3.8, 4) is 0 Å². The molecule has 0 saturated carbocycles. The summed E-state index contributed by atoms with van der Waals surface area (Å²) < 4.78 is 0. The number of hydrazine groups is 1. The van der Waals surface area contributed by atoms with E-state index in [9.17, 15) is 9.59 Å². The molecule has 1 N–H and O–H groups in total. The second-order valence-corrected chi connectivity index (χ2v) is 9.66. The van der Waals surface area contributed by atoms with Gasteiger partial charge >= 0.3 is 0 Å². The molecule has 3 aliphatic rings. The lowest BCUT2D eigenvalue weighted by Crippen LogP contribution is -2.51. The molecule has 2 aromatic rings. The molecule has 3 aliphatic heterocycles. The fraction of sp³-hybridized carbons (Fsp3) is 0.462. The highest BCUT2D eigenvalue weighted by Crippen LogP contribution is 2.31. The number of nitrogens with zero attached hydrogens (tertiary/aromatic N) is 6. The molecule has 0 radical (unpaired) electrons. The summed E-state index contributed by atoms with van der Waals surface area (Å²) in [5.41, 5.74) is 5.95. The van der Waals surface area contributed by atoms with Crippen LogP contribution in [0.1, 0.15) is 49.8 Å². The molecule has 0 aliphatic carbocycles. The predicted molar refractivity (Wildman–Crippen MR) is 133 cm³/mol. The van der Waals surface area contributed by atoms with Crippen molar-refractivity contribution in [3.63, 3.8) is 0 Å². The summed E-state index contributed by atoms with van der Waals surface area (Å²) >= 11 is 0. The molecular formula is C26H33N7O2. The van der Waals surface area contributed by atoms with Crippen molar-refractivity contribution >= 4 is 17.8 Å². The van der Waals surface area contributed by atoms with Crippen molar-refractivity contribution < 1.29 is 9.59 Å². The number of fused-ring (bicyclic) bond motifs is 1. The van der Waals surface area contributed by atoms with Gasteiger partial charge in [0.15, 0.2) is 0 Å². The zero-order chi connectivity index (χ0) is 24.4. The Labute approximate surface area is 206 Å². The van der Waals surface area contributed by atoms with E-state index in [-0.39, 0.29) is 23.9 Å². The molecule has 35 heavy (non-hydrogen) atoms. The molecule has 2 atom stereocenters. The number of carbonyl (C=O) groups is 2. The van der Waals surface area contributed by atoms with Crippen molar-refractivity contribution in [1.29, 1.82) is 0 Å². The molecule has 5 rings (SSSR count). The van der Waals surface area contributed by atoms with E-state index in [1.165, 1.54) is 11.1 Å². The minimum atomic E-state index is -0.251. The third kappa shape index (κ3) is 5.00. The lowest BCUT2D eigenvalue weighted by atomic mass is 9.97. The van der Waals surface area contributed by atoms with E-state index in [0.29, 0.717) is 57.4 Å². The minimum absolute atomic E-state index is 0.0418. The molecule has 4 heterocycles. The maximum absolute atomic E-state index is 13.2. The van der Waals surface area contributed by atoms with Crippen molar-refractivity contribution in [2.45, 2.75) is 44.7 Å². The second-order valence-electron chi connectivity index (χ2n) is 9.66. The first-order valence-corrected chi connectivity index (χ1v) is 12.4. The maximum Gasteiger partial charge on any atom is 0.250 e. The predicted octanol–water partition coefficient (Wildman–Crippen LogP) is 2.27. The Morgan fingerprint density at radius 2 is 1.77 bits per heavy atom. The van der Waals surface area contributed by atoms with Gasteiger partial charge in [-0.3, -0.25) is 9.59 Å². The monoisotopic (exact) mass is 475 g/mol. The lowest BCUT2D eigenvalue weighted by molar-refractivity contribution is -0.136. The number of amides is 2. The molecule has 9 heteroatoms. The zero-order valence-corrected chi connectivity index (χ0v) is 20.4. The van der Waals surface area contributed by atoms with Gasteiger partial charge in [-0.25, -0.2) is 15.4 Å². The summed E-state index contributed by atoms with van der Waals surface area (Å²) in [7, 11) is 0. The number of benzene rings is 1. The molecule has 1 aromatic heterocycles. The molecule has 2 fully saturated rings. The fourth-order valence-electron chi connectivity index (χ4n) is 4.94. The Hall–Kier alpha value is -3.46. The van der Waals surface area contributed by atoms with E-state index in [0.717, 1.165) is 0 Å². The standard InChI is InChI=1S/C26H33N7O2/c1-19(2)20-4-6-21(7-5-20)22-18-23-25(35)31(16-17-33(23)29-22)11-8-24(34)30-12-14-32(15-13-30)26-27-9-3-10-28-26/h3-7,9-10,16-17,19,22-23,29H,8,11-15,18H2,1-2H3. The SMILES string of the molecule is CC(C)c1ccc(C2CC3C(=O)N(CCC(=O)N4CCN(c5ncccn5)CC4)C=CN3N2)cc1. The van der Waals surface area contributed by atoms with Gasteiger partial charge in [0.2, 0.25) is 11.9 Å². The third-order valence-electron chi connectivity index (χ3n) is 7.11. The number of hydrogen-bond donors (Lipinski definition) is 1. The van der Waals surface area contributed by atoms with Crippen LogP contribution in [0.25, 0.3) is 0 Å². The van der Waals surface area contributed by atoms with Crippen LogP contribution in [0.15, 0.2) is 55.1 Å². The molecule has 0 spiro atoms. The van der Waals surface area contributed by atoms with Crippen LogP contribution < -0.4 is 10.3 Å². The first-order valence-electron chi connectivity index (χ1n) is 12.4. The number of anilines is 1. The Morgan fingerprint density at radius 3 is 2.46 bits per heavy atom. The van der Waals surface area contributed by atoms with Gasteiger partial charge in [0.05, 0.1) is 6.04 Å².